The van der Waals surface area contributed by atoms with E-state index in [0.29, 0.717) is 29.6 Å². The average molecular weight is 393 g/mol. The minimum atomic E-state index is -3.65. The highest BCUT2D eigenvalue weighted by molar-refractivity contribution is 7.93. The van der Waals surface area contributed by atoms with Crippen LogP contribution in [0.1, 0.15) is 24.2 Å². The van der Waals surface area contributed by atoms with E-state index in [4.69, 9.17) is 4.52 Å². The zero-order valence-corrected chi connectivity index (χ0v) is 15.5. The molecular formula is C18H17F2N3O3S. The molecule has 9 heteroatoms. The van der Waals surface area contributed by atoms with Crippen LogP contribution in [0.4, 0.5) is 25.8 Å². The maximum absolute atomic E-state index is 15.1. The number of aromatic nitrogens is 1. The van der Waals surface area contributed by atoms with Crippen LogP contribution in [0, 0.1) is 25.5 Å². The Kier molecular flexibility index (Phi) is 4.06. The van der Waals surface area contributed by atoms with Crippen molar-refractivity contribution in [2.75, 3.05) is 10.0 Å². The summed E-state index contributed by atoms with van der Waals surface area (Å²) in [5.74, 6) is -1.05. The van der Waals surface area contributed by atoms with Crippen LogP contribution in [0.3, 0.4) is 0 Å². The molecule has 3 aromatic rings. The van der Waals surface area contributed by atoms with Gasteiger partial charge in [-0.15, -0.1) is 0 Å². The fraction of sp³-hybridized carbons (Fsp3) is 0.278. The van der Waals surface area contributed by atoms with Crippen molar-refractivity contribution < 1.29 is 21.7 Å². The minimum Gasteiger partial charge on any atom is -0.360 e. The molecule has 0 atom stereocenters. The molecular weight excluding hydrogens is 376 g/mol. The predicted octanol–water partition coefficient (Wildman–Crippen LogP) is 4.37. The number of nitrogens with one attached hydrogen (secondary N) is 2. The minimum absolute atomic E-state index is 0.0156. The fourth-order valence-electron chi connectivity index (χ4n) is 2.83. The summed E-state index contributed by atoms with van der Waals surface area (Å²) in [6.45, 7) is 3.33. The van der Waals surface area contributed by atoms with Crippen molar-refractivity contribution >= 4 is 38.0 Å². The highest BCUT2D eigenvalue weighted by atomic mass is 32.2. The SMILES string of the molecule is Cc1ccc(Nc2c(NS(=O)(=O)C3CC3)cc3c(C)onc3c2F)c(F)c1. The van der Waals surface area contributed by atoms with Crippen molar-refractivity contribution in [2.45, 2.75) is 31.9 Å². The van der Waals surface area contributed by atoms with E-state index in [2.05, 4.69) is 15.2 Å². The third-order valence-electron chi connectivity index (χ3n) is 4.49. The highest BCUT2D eigenvalue weighted by Gasteiger charge is 2.36. The van der Waals surface area contributed by atoms with Crippen LogP contribution in [0.5, 0.6) is 0 Å². The molecule has 2 N–H and O–H groups in total. The Morgan fingerprint density at radius 2 is 1.89 bits per heavy atom. The van der Waals surface area contributed by atoms with Crippen molar-refractivity contribution in [1.82, 2.24) is 5.16 Å². The Labute approximate surface area is 154 Å². The van der Waals surface area contributed by atoms with Gasteiger partial charge in [0.05, 0.1) is 16.6 Å². The van der Waals surface area contributed by atoms with Crippen LogP contribution in [0.15, 0.2) is 28.8 Å². The Balaban J connectivity index is 1.85. The quantitative estimate of drug-likeness (QED) is 0.672. The molecule has 0 bridgehead atoms. The highest BCUT2D eigenvalue weighted by Crippen LogP contribution is 2.38. The monoisotopic (exact) mass is 393 g/mol. The first-order chi connectivity index (χ1) is 12.8. The zero-order valence-electron chi connectivity index (χ0n) is 14.6. The second-order valence-corrected chi connectivity index (χ2v) is 8.66. The standard InChI is InChI=1S/C18H17F2N3O3S/c1-9-3-6-14(13(19)7-9)21-18-15(23-27(24,25)11-4-5-11)8-12-10(2)26-22-17(12)16(18)20/h3,6-8,11,21,23H,4-5H2,1-2H3. The molecule has 0 saturated heterocycles. The molecule has 0 amide bonds. The van der Waals surface area contributed by atoms with Crippen molar-refractivity contribution in [3.8, 4) is 0 Å². The van der Waals surface area contributed by atoms with Crippen molar-refractivity contribution in [1.29, 1.82) is 0 Å². The third kappa shape index (κ3) is 3.23. The largest absolute Gasteiger partial charge is 0.360 e. The van der Waals surface area contributed by atoms with Gasteiger partial charge in [-0.2, -0.15) is 0 Å². The molecule has 142 valence electrons. The van der Waals surface area contributed by atoms with Gasteiger partial charge in [0.25, 0.3) is 0 Å². The Bertz CT molecular complexity index is 1150. The molecule has 4 rings (SSSR count). The van der Waals surface area contributed by atoms with Crippen LogP contribution in [0.2, 0.25) is 0 Å². The lowest BCUT2D eigenvalue weighted by Crippen LogP contribution is -2.18. The summed E-state index contributed by atoms with van der Waals surface area (Å²) in [6.07, 6.45) is 1.11. The number of anilines is 3. The summed E-state index contributed by atoms with van der Waals surface area (Å²) >= 11 is 0. The van der Waals surface area contributed by atoms with Gasteiger partial charge in [0.15, 0.2) is 11.3 Å². The second kappa shape index (κ2) is 6.19. The van der Waals surface area contributed by atoms with E-state index in [1.54, 1.807) is 19.9 Å². The van der Waals surface area contributed by atoms with E-state index in [9.17, 15) is 12.8 Å². The lowest BCUT2D eigenvalue weighted by molar-refractivity contribution is 0.403. The van der Waals surface area contributed by atoms with Crippen LogP contribution in [-0.2, 0) is 10.0 Å². The molecule has 0 spiro atoms. The van der Waals surface area contributed by atoms with E-state index in [-0.39, 0.29) is 22.6 Å². The van der Waals surface area contributed by atoms with E-state index >= 15 is 4.39 Å². The fourth-order valence-corrected chi connectivity index (χ4v) is 4.23. The molecule has 0 aliphatic heterocycles. The third-order valence-corrected chi connectivity index (χ3v) is 6.35. The number of halogens is 2. The zero-order chi connectivity index (χ0) is 19.3. The number of nitrogens with zero attached hydrogens (tertiary/aromatic N) is 1. The number of sulfonamides is 1. The molecule has 1 aromatic heterocycles. The second-order valence-electron chi connectivity index (χ2n) is 6.70. The van der Waals surface area contributed by atoms with Gasteiger partial charge in [0.2, 0.25) is 10.0 Å². The van der Waals surface area contributed by atoms with Crippen LogP contribution >= 0.6 is 0 Å². The summed E-state index contributed by atoms with van der Waals surface area (Å²) < 4.78 is 61.5. The molecule has 2 aromatic carbocycles. The van der Waals surface area contributed by atoms with Crippen LogP contribution in [0.25, 0.3) is 10.9 Å². The maximum atomic E-state index is 15.1. The number of aryl methyl sites for hydroxylation is 2. The van der Waals surface area contributed by atoms with E-state index in [1.165, 1.54) is 18.2 Å². The van der Waals surface area contributed by atoms with E-state index in [0.717, 1.165) is 0 Å². The molecule has 1 saturated carbocycles. The van der Waals surface area contributed by atoms with Crippen molar-refractivity contribution in [2.24, 2.45) is 0 Å². The lowest BCUT2D eigenvalue weighted by Gasteiger charge is -2.16. The molecule has 1 heterocycles. The summed E-state index contributed by atoms with van der Waals surface area (Å²) in [5, 5.41) is 6.19. The normalized spacial score (nSPS) is 14.5. The number of hydrogen-bond donors (Lipinski definition) is 2. The molecule has 1 aliphatic carbocycles. The Hall–Kier alpha value is -2.68. The molecule has 0 radical (unpaired) electrons. The molecule has 1 aliphatic rings. The number of rotatable bonds is 5. The number of hydrogen-bond acceptors (Lipinski definition) is 5. The topological polar surface area (TPSA) is 84.2 Å². The van der Waals surface area contributed by atoms with Gasteiger partial charge in [0.1, 0.15) is 17.3 Å². The van der Waals surface area contributed by atoms with Gasteiger partial charge in [0, 0.05) is 5.39 Å². The molecule has 1 fully saturated rings. The van der Waals surface area contributed by atoms with Gasteiger partial charge in [-0.1, -0.05) is 11.2 Å². The summed E-state index contributed by atoms with van der Waals surface area (Å²) in [4.78, 5) is 0. The first-order valence-corrected chi connectivity index (χ1v) is 9.94. The van der Waals surface area contributed by atoms with Gasteiger partial charge >= 0.3 is 0 Å². The summed E-state index contributed by atoms with van der Waals surface area (Å²) in [6, 6.07) is 5.86. The first-order valence-electron chi connectivity index (χ1n) is 8.39. The van der Waals surface area contributed by atoms with Gasteiger partial charge in [-0.05, 0) is 50.5 Å². The first kappa shape index (κ1) is 17.7. The van der Waals surface area contributed by atoms with Gasteiger partial charge in [-0.25, -0.2) is 17.2 Å². The summed E-state index contributed by atoms with van der Waals surface area (Å²) in [7, 11) is -3.65. The van der Waals surface area contributed by atoms with E-state index in [1.807, 2.05) is 0 Å². The van der Waals surface area contributed by atoms with Crippen LogP contribution < -0.4 is 10.0 Å². The van der Waals surface area contributed by atoms with Crippen molar-refractivity contribution in [3.63, 3.8) is 0 Å². The maximum Gasteiger partial charge on any atom is 0.235 e. The predicted molar refractivity (Wildman–Crippen MR) is 98.7 cm³/mol. The Morgan fingerprint density at radius 1 is 1.15 bits per heavy atom. The van der Waals surface area contributed by atoms with Crippen LogP contribution in [-0.4, -0.2) is 18.8 Å². The van der Waals surface area contributed by atoms with Gasteiger partial charge < -0.3 is 9.84 Å². The Morgan fingerprint density at radius 3 is 2.56 bits per heavy atom. The number of fused-ring (bicyclic) bond motifs is 1. The molecule has 6 nitrogen and oxygen atoms in total. The lowest BCUT2D eigenvalue weighted by atomic mass is 10.1. The number of benzene rings is 2. The van der Waals surface area contributed by atoms with Crippen molar-refractivity contribution in [3.05, 3.63) is 47.2 Å². The summed E-state index contributed by atoms with van der Waals surface area (Å²) in [5.41, 5.74) is 0.444. The molecule has 0 unspecified atom stereocenters. The van der Waals surface area contributed by atoms with E-state index < -0.39 is 26.9 Å². The smallest absolute Gasteiger partial charge is 0.235 e. The molecule has 27 heavy (non-hydrogen) atoms. The van der Waals surface area contributed by atoms with Gasteiger partial charge in [-0.3, -0.25) is 4.72 Å². The average Bonchev–Trinajstić information content (AvgIpc) is 3.39.